The minimum atomic E-state index is -0.735. The Balaban J connectivity index is 1.67. The highest BCUT2D eigenvalue weighted by atomic mass is 35.5. The van der Waals surface area contributed by atoms with Gasteiger partial charge in [-0.05, 0) is 61.1 Å². The van der Waals surface area contributed by atoms with Gasteiger partial charge in [0.05, 0.1) is 22.1 Å². The van der Waals surface area contributed by atoms with E-state index in [0.29, 0.717) is 38.8 Å². The number of aromatic amines is 1. The lowest BCUT2D eigenvalue weighted by Gasteiger charge is -2.32. The van der Waals surface area contributed by atoms with Gasteiger partial charge in [0.25, 0.3) is 5.91 Å². The molecule has 44 heavy (non-hydrogen) atoms. The van der Waals surface area contributed by atoms with Crippen molar-refractivity contribution in [3.05, 3.63) is 75.2 Å². The highest BCUT2D eigenvalue weighted by molar-refractivity contribution is 6.32. The van der Waals surface area contributed by atoms with Gasteiger partial charge in [0.1, 0.15) is 16.6 Å². The summed E-state index contributed by atoms with van der Waals surface area (Å²) in [7, 11) is 0. The molecule has 236 valence electrons. The van der Waals surface area contributed by atoms with Gasteiger partial charge in [-0.25, -0.2) is 9.67 Å². The molecule has 0 saturated heterocycles. The van der Waals surface area contributed by atoms with Crippen molar-refractivity contribution in [2.45, 2.75) is 99.0 Å². The number of halogens is 2. The van der Waals surface area contributed by atoms with Crippen LogP contribution in [0, 0.1) is 19.8 Å². The minimum Gasteiger partial charge on any atom is -0.480 e. The van der Waals surface area contributed by atoms with Crippen molar-refractivity contribution in [3.63, 3.8) is 0 Å². The monoisotopic (exact) mass is 637 g/mol. The van der Waals surface area contributed by atoms with Gasteiger partial charge in [-0.1, -0.05) is 109 Å². The number of para-hydroxylation sites is 1. The number of amides is 1. The van der Waals surface area contributed by atoms with E-state index in [1.807, 2.05) is 58.0 Å². The third kappa shape index (κ3) is 6.69. The minimum absolute atomic E-state index is 0.0320. The molecule has 2 heterocycles. The molecule has 1 amide bonds. The van der Waals surface area contributed by atoms with Gasteiger partial charge in [0.15, 0.2) is 6.10 Å². The Hall–Kier alpha value is -3.29. The van der Waals surface area contributed by atoms with Gasteiger partial charge in [-0.15, -0.1) is 0 Å². The first-order valence-corrected chi connectivity index (χ1v) is 16.1. The van der Waals surface area contributed by atoms with Gasteiger partial charge in [-0.2, -0.15) is 5.10 Å². The van der Waals surface area contributed by atoms with Crippen molar-refractivity contribution >= 4 is 34.8 Å². The Bertz CT molecular complexity index is 1650. The van der Waals surface area contributed by atoms with Crippen LogP contribution in [0.3, 0.4) is 0 Å². The van der Waals surface area contributed by atoms with E-state index in [1.54, 1.807) is 4.68 Å². The summed E-state index contributed by atoms with van der Waals surface area (Å²) in [4.78, 5) is 21.8. The van der Waals surface area contributed by atoms with Gasteiger partial charge >= 0.3 is 0 Å². The van der Waals surface area contributed by atoms with Crippen molar-refractivity contribution in [3.8, 4) is 23.0 Å². The van der Waals surface area contributed by atoms with Crippen molar-refractivity contribution in [1.29, 1.82) is 0 Å². The summed E-state index contributed by atoms with van der Waals surface area (Å²) in [5, 5.41) is 8.48. The number of carbonyl (C=O) groups excluding carboxylic acids is 1. The van der Waals surface area contributed by atoms with Crippen LogP contribution in [0.1, 0.15) is 90.7 Å². The second-order valence-corrected chi connectivity index (χ2v) is 13.9. The van der Waals surface area contributed by atoms with E-state index in [-0.39, 0.29) is 22.7 Å². The Morgan fingerprint density at radius 1 is 1.02 bits per heavy atom. The number of nitrogens with one attached hydrogen (secondary N) is 2. The normalized spacial score (nSPS) is 12.9. The Morgan fingerprint density at radius 2 is 1.68 bits per heavy atom. The maximum absolute atomic E-state index is 13.9. The molecule has 2 N–H and O–H groups in total. The molecule has 4 aromatic rings. The van der Waals surface area contributed by atoms with Crippen LogP contribution in [0.4, 0.5) is 5.69 Å². The zero-order valence-electron chi connectivity index (χ0n) is 27.5. The van der Waals surface area contributed by atoms with Crippen LogP contribution in [0.15, 0.2) is 42.5 Å². The molecular formula is C35H45Cl2N5O2. The van der Waals surface area contributed by atoms with Crippen LogP contribution in [0.5, 0.6) is 5.75 Å². The van der Waals surface area contributed by atoms with Crippen molar-refractivity contribution in [2.75, 3.05) is 5.32 Å². The van der Waals surface area contributed by atoms with E-state index in [2.05, 4.69) is 69.1 Å². The number of benzene rings is 2. The topological polar surface area (TPSA) is 84.8 Å². The summed E-state index contributed by atoms with van der Waals surface area (Å²) in [6, 6.07) is 13.9. The number of ether oxygens (including phenoxy) is 1. The van der Waals surface area contributed by atoms with Gasteiger partial charge in [0, 0.05) is 11.1 Å². The summed E-state index contributed by atoms with van der Waals surface area (Å²) in [5.41, 5.74) is 5.45. The second kappa shape index (κ2) is 13.0. The van der Waals surface area contributed by atoms with Gasteiger partial charge in [-0.3, -0.25) is 4.79 Å². The lowest BCUT2D eigenvalue weighted by Crippen LogP contribution is -2.38. The first kappa shape index (κ1) is 33.6. The lowest BCUT2D eigenvalue weighted by atomic mass is 9.76. The number of hydrogen-bond acceptors (Lipinski definition) is 4. The average Bonchev–Trinajstić information content (AvgIpc) is 3.49. The molecule has 9 heteroatoms. The second-order valence-electron chi connectivity index (χ2n) is 13.1. The Labute approximate surface area is 271 Å². The fraction of sp³-hybridized carbons (Fsp3) is 0.457. The third-order valence-electron chi connectivity index (χ3n) is 8.87. The van der Waals surface area contributed by atoms with Gasteiger partial charge < -0.3 is 15.0 Å². The maximum Gasteiger partial charge on any atom is 0.265 e. The molecular weight excluding hydrogens is 593 g/mol. The number of rotatable bonds is 11. The summed E-state index contributed by atoms with van der Waals surface area (Å²) in [6.45, 7) is 21.0. The van der Waals surface area contributed by atoms with E-state index in [0.717, 1.165) is 29.8 Å². The maximum atomic E-state index is 13.9. The zero-order valence-corrected chi connectivity index (χ0v) is 29.0. The molecule has 0 saturated carbocycles. The molecule has 0 aliphatic rings. The smallest absolute Gasteiger partial charge is 0.265 e. The van der Waals surface area contributed by atoms with Crippen LogP contribution < -0.4 is 10.1 Å². The van der Waals surface area contributed by atoms with E-state index < -0.39 is 6.10 Å². The highest BCUT2D eigenvalue weighted by Crippen LogP contribution is 2.40. The standard InChI is InChI=1S/C35H45Cl2N5O2/c1-11-34(7,8)23-17-18-27(25(19-23)35(9,10)12-2)44-30(20(3)4)32(43)38-26-16-14-13-15-24(26)29-31(37)40-33(39-29)42-22(6)28(36)21(5)41-42/h13-20,30H,11-12H2,1-10H3,(H,38,43)(H,39,40). The molecule has 2 aromatic heterocycles. The van der Waals surface area contributed by atoms with Crippen LogP contribution in [0.2, 0.25) is 10.2 Å². The fourth-order valence-corrected chi connectivity index (χ4v) is 5.40. The van der Waals surface area contributed by atoms with Crippen LogP contribution in [0.25, 0.3) is 17.2 Å². The highest BCUT2D eigenvalue weighted by Gasteiger charge is 2.31. The quantitative estimate of drug-likeness (QED) is 0.171. The lowest BCUT2D eigenvalue weighted by molar-refractivity contribution is -0.124. The molecule has 4 rings (SSSR count). The summed E-state index contributed by atoms with van der Waals surface area (Å²) in [5.74, 6) is 0.826. The molecule has 0 aliphatic heterocycles. The largest absolute Gasteiger partial charge is 0.480 e. The molecule has 0 fully saturated rings. The molecule has 7 nitrogen and oxygen atoms in total. The number of H-pyrrole nitrogens is 1. The summed E-state index contributed by atoms with van der Waals surface area (Å²) in [6.07, 6.45) is 1.22. The molecule has 0 radical (unpaired) electrons. The van der Waals surface area contributed by atoms with Crippen molar-refractivity contribution < 1.29 is 9.53 Å². The predicted molar refractivity (Wildman–Crippen MR) is 182 cm³/mol. The number of hydrogen-bond donors (Lipinski definition) is 2. The summed E-state index contributed by atoms with van der Waals surface area (Å²) >= 11 is 13.0. The fourth-order valence-electron chi connectivity index (χ4n) is 5.06. The number of nitrogens with zero attached hydrogens (tertiary/aromatic N) is 3. The molecule has 0 aliphatic carbocycles. The van der Waals surface area contributed by atoms with E-state index in [9.17, 15) is 4.79 Å². The predicted octanol–water partition coefficient (Wildman–Crippen LogP) is 9.60. The number of imidazole rings is 1. The number of aryl methyl sites for hydroxylation is 1. The SMILES string of the molecule is CCC(C)(C)c1ccc(OC(C(=O)Nc2ccccc2-c2nc(-n3nc(C)c(Cl)c3C)[nH]c2Cl)C(C)C)c(C(C)(C)CC)c1. The molecule has 0 spiro atoms. The molecule has 0 bridgehead atoms. The number of anilines is 1. The third-order valence-corrected chi connectivity index (χ3v) is 9.69. The first-order valence-electron chi connectivity index (χ1n) is 15.3. The van der Waals surface area contributed by atoms with Crippen molar-refractivity contribution in [1.82, 2.24) is 19.7 Å². The van der Waals surface area contributed by atoms with E-state index in [4.69, 9.17) is 32.9 Å². The average molecular weight is 639 g/mol. The Kier molecular flexibility index (Phi) is 9.91. The van der Waals surface area contributed by atoms with Crippen LogP contribution >= 0.6 is 23.2 Å². The summed E-state index contributed by atoms with van der Waals surface area (Å²) < 4.78 is 8.23. The zero-order chi connectivity index (χ0) is 32.6. The molecule has 2 aromatic carbocycles. The van der Waals surface area contributed by atoms with E-state index >= 15 is 0 Å². The van der Waals surface area contributed by atoms with Crippen LogP contribution in [-0.2, 0) is 15.6 Å². The van der Waals surface area contributed by atoms with Crippen LogP contribution in [-0.4, -0.2) is 31.8 Å². The number of carbonyl (C=O) groups is 1. The van der Waals surface area contributed by atoms with Gasteiger partial charge in [0.2, 0.25) is 5.95 Å². The van der Waals surface area contributed by atoms with Crippen molar-refractivity contribution in [2.24, 2.45) is 5.92 Å². The first-order chi connectivity index (χ1) is 20.6. The van der Waals surface area contributed by atoms with E-state index in [1.165, 1.54) is 5.56 Å². The number of aromatic nitrogens is 4. The Morgan fingerprint density at radius 3 is 2.27 bits per heavy atom. The molecule has 1 unspecified atom stereocenters. The molecule has 1 atom stereocenters.